The third kappa shape index (κ3) is 3.15. The van der Waals surface area contributed by atoms with Gasteiger partial charge in [-0.2, -0.15) is 4.98 Å². The number of anilines is 2. The number of nitrogens with zero attached hydrogens (tertiary/aromatic N) is 5. The molecule has 4 aromatic rings. The summed E-state index contributed by atoms with van der Waals surface area (Å²) in [5.41, 5.74) is 4.13. The van der Waals surface area contributed by atoms with E-state index >= 15 is 0 Å². The van der Waals surface area contributed by atoms with Crippen LogP contribution in [-0.2, 0) is 20.1 Å². The molecular formula is C24H24ClN5O2. The van der Waals surface area contributed by atoms with Gasteiger partial charge in [-0.1, -0.05) is 47.5 Å². The van der Waals surface area contributed by atoms with Crippen molar-refractivity contribution < 1.29 is 0 Å². The molecule has 0 atom stereocenters. The van der Waals surface area contributed by atoms with E-state index in [4.69, 9.17) is 16.6 Å². The van der Waals surface area contributed by atoms with E-state index in [1.807, 2.05) is 60.9 Å². The monoisotopic (exact) mass is 449 g/mol. The maximum absolute atomic E-state index is 13.5. The topological polar surface area (TPSA) is 65.1 Å². The molecule has 5 rings (SSSR count). The van der Waals surface area contributed by atoms with Crippen LogP contribution in [0.2, 0.25) is 5.02 Å². The summed E-state index contributed by atoms with van der Waals surface area (Å²) in [6, 6.07) is 13.6. The van der Waals surface area contributed by atoms with Gasteiger partial charge in [0.25, 0.3) is 5.56 Å². The van der Waals surface area contributed by atoms with Gasteiger partial charge in [0.1, 0.15) is 0 Å². The van der Waals surface area contributed by atoms with E-state index in [1.54, 1.807) is 7.05 Å². The quantitative estimate of drug-likeness (QED) is 0.477. The van der Waals surface area contributed by atoms with Crippen LogP contribution in [0.15, 0.2) is 52.1 Å². The Morgan fingerprint density at radius 3 is 2.53 bits per heavy atom. The van der Waals surface area contributed by atoms with Crippen molar-refractivity contribution in [1.82, 2.24) is 18.7 Å². The molecule has 2 aromatic heterocycles. The van der Waals surface area contributed by atoms with Gasteiger partial charge < -0.3 is 9.47 Å². The molecule has 3 heterocycles. The maximum atomic E-state index is 13.5. The molecule has 7 nitrogen and oxygen atoms in total. The average molecular weight is 450 g/mol. The van der Waals surface area contributed by atoms with Crippen LogP contribution in [0.4, 0.5) is 11.6 Å². The third-order valence-corrected chi connectivity index (χ3v) is 6.62. The predicted molar refractivity (Wildman–Crippen MR) is 127 cm³/mol. The second-order valence-corrected chi connectivity index (χ2v) is 8.75. The Hall–Kier alpha value is -3.32. The van der Waals surface area contributed by atoms with Crippen molar-refractivity contribution in [3.05, 3.63) is 85.0 Å². The Kier molecular flexibility index (Phi) is 4.93. The van der Waals surface area contributed by atoms with Crippen LogP contribution >= 0.6 is 11.6 Å². The number of fused-ring (bicyclic) bond motifs is 3. The van der Waals surface area contributed by atoms with Crippen LogP contribution in [-0.4, -0.2) is 25.2 Å². The van der Waals surface area contributed by atoms with Gasteiger partial charge in [0.15, 0.2) is 11.2 Å². The number of aryl methyl sites for hydroxylation is 3. The molecule has 0 bridgehead atoms. The van der Waals surface area contributed by atoms with Crippen molar-refractivity contribution >= 4 is 34.4 Å². The van der Waals surface area contributed by atoms with Crippen LogP contribution in [0.1, 0.15) is 23.1 Å². The van der Waals surface area contributed by atoms with Gasteiger partial charge >= 0.3 is 5.69 Å². The first kappa shape index (κ1) is 20.6. The van der Waals surface area contributed by atoms with Gasteiger partial charge in [-0.15, -0.1) is 0 Å². The third-order valence-electron chi connectivity index (χ3n) is 6.21. The van der Waals surface area contributed by atoms with Gasteiger partial charge in [0, 0.05) is 30.8 Å². The number of hydrogen-bond donors (Lipinski definition) is 0. The van der Waals surface area contributed by atoms with Crippen molar-refractivity contribution in [2.24, 2.45) is 7.05 Å². The Balaban J connectivity index is 1.71. The smallest absolute Gasteiger partial charge is 0.312 e. The lowest BCUT2D eigenvalue weighted by Gasteiger charge is -2.30. The van der Waals surface area contributed by atoms with Crippen molar-refractivity contribution in [1.29, 1.82) is 0 Å². The second kappa shape index (κ2) is 7.67. The lowest BCUT2D eigenvalue weighted by molar-refractivity contribution is 0.597. The number of imidazole rings is 1. The number of aromatic nitrogens is 4. The highest BCUT2D eigenvalue weighted by molar-refractivity contribution is 6.31. The molecule has 0 unspecified atom stereocenters. The molecular weight excluding hydrogens is 426 g/mol. The Bertz CT molecular complexity index is 1460. The van der Waals surface area contributed by atoms with Gasteiger partial charge in [0.05, 0.1) is 6.54 Å². The highest BCUT2D eigenvalue weighted by Crippen LogP contribution is 2.35. The van der Waals surface area contributed by atoms with Crippen molar-refractivity contribution in [3.8, 4) is 0 Å². The Morgan fingerprint density at radius 2 is 1.78 bits per heavy atom. The SMILES string of the molecule is Cc1ccc(Cn2c(=O)c3c(nc4n3CCCN4c3cccc(Cl)c3C)n(C)c2=O)cc1. The summed E-state index contributed by atoms with van der Waals surface area (Å²) in [4.78, 5) is 33.4. The Morgan fingerprint density at radius 1 is 1.03 bits per heavy atom. The largest absolute Gasteiger partial charge is 0.332 e. The maximum Gasteiger partial charge on any atom is 0.332 e. The van der Waals surface area contributed by atoms with Crippen LogP contribution < -0.4 is 16.1 Å². The predicted octanol–water partition coefficient (Wildman–Crippen LogP) is 3.76. The molecule has 164 valence electrons. The summed E-state index contributed by atoms with van der Waals surface area (Å²) in [6.07, 6.45) is 0.852. The van der Waals surface area contributed by atoms with Crippen molar-refractivity contribution in [2.75, 3.05) is 11.4 Å². The molecule has 0 amide bonds. The second-order valence-electron chi connectivity index (χ2n) is 8.34. The molecule has 0 N–H and O–H groups in total. The highest BCUT2D eigenvalue weighted by Gasteiger charge is 2.27. The van der Waals surface area contributed by atoms with E-state index in [-0.39, 0.29) is 17.8 Å². The molecule has 32 heavy (non-hydrogen) atoms. The van der Waals surface area contributed by atoms with Gasteiger partial charge in [0.2, 0.25) is 5.95 Å². The highest BCUT2D eigenvalue weighted by atomic mass is 35.5. The summed E-state index contributed by atoms with van der Waals surface area (Å²) >= 11 is 6.36. The van der Waals surface area contributed by atoms with E-state index in [2.05, 4.69) is 4.90 Å². The molecule has 2 aromatic carbocycles. The van der Waals surface area contributed by atoms with E-state index in [0.717, 1.165) is 35.3 Å². The normalized spacial score (nSPS) is 13.6. The number of hydrogen-bond acceptors (Lipinski definition) is 4. The molecule has 8 heteroatoms. The first-order chi connectivity index (χ1) is 15.4. The molecule has 0 spiro atoms. The minimum absolute atomic E-state index is 0.222. The van der Waals surface area contributed by atoms with Gasteiger partial charge in [-0.3, -0.25) is 13.9 Å². The van der Waals surface area contributed by atoms with Crippen LogP contribution in [0, 0.1) is 13.8 Å². The number of benzene rings is 2. The van der Waals surface area contributed by atoms with Gasteiger partial charge in [-0.05, 0) is 43.5 Å². The van der Waals surface area contributed by atoms with Crippen molar-refractivity contribution in [3.63, 3.8) is 0 Å². The van der Waals surface area contributed by atoms with E-state index in [9.17, 15) is 9.59 Å². The van der Waals surface area contributed by atoms with E-state index < -0.39 is 0 Å². The van der Waals surface area contributed by atoms with Crippen LogP contribution in [0.5, 0.6) is 0 Å². The van der Waals surface area contributed by atoms with Gasteiger partial charge in [-0.25, -0.2) is 4.79 Å². The van der Waals surface area contributed by atoms with E-state index in [0.29, 0.717) is 28.7 Å². The average Bonchev–Trinajstić information content (AvgIpc) is 3.18. The standard InChI is InChI=1S/C24H24ClN5O2/c1-15-8-10-17(11-9-15)14-30-22(31)20-21(27(3)24(30)32)26-23-28(12-5-13-29(20)23)19-7-4-6-18(25)16(19)2/h4,6-11H,5,12-14H2,1-3H3. The lowest BCUT2D eigenvalue weighted by Crippen LogP contribution is -2.40. The first-order valence-corrected chi connectivity index (χ1v) is 11.0. The summed E-state index contributed by atoms with van der Waals surface area (Å²) in [6.45, 7) is 5.63. The number of halogens is 1. The molecule has 0 saturated heterocycles. The summed E-state index contributed by atoms with van der Waals surface area (Å²) in [5, 5.41) is 0.684. The molecule has 0 saturated carbocycles. The summed E-state index contributed by atoms with van der Waals surface area (Å²) in [7, 11) is 1.67. The molecule has 1 aliphatic rings. The summed E-state index contributed by atoms with van der Waals surface area (Å²) in [5.74, 6) is 0.664. The first-order valence-electron chi connectivity index (χ1n) is 10.6. The molecule has 0 aliphatic carbocycles. The Labute approximate surface area is 190 Å². The molecule has 1 aliphatic heterocycles. The minimum atomic E-state index is -0.371. The van der Waals surface area contributed by atoms with Crippen LogP contribution in [0.25, 0.3) is 11.2 Å². The fraction of sp³-hybridized carbons (Fsp3) is 0.292. The lowest BCUT2D eigenvalue weighted by atomic mass is 10.1. The zero-order valence-corrected chi connectivity index (χ0v) is 19.1. The fourth-order valence-electron chi connectivity index (χ4n) is 4.40. The fourth-order valence-corrected chi connectivity index (χ4v) is 4.57. The zero-order valence-electron chi connectivity index (χ0n) is 18.3. The minimum Gasteiger partial charge on any atom is -0.312 e. The zero-order chi connectivity index (χ0) is 22.6. The van der Waals surface area contributed by atoms with Crippen molar-refractivity contribution in [2.45, 2.75) is 33.4 Å². The molecule has 0 fully saturated rings. The molecule has 0 radical (unpaired) electrons. The van der Waals surface area contributed by atoms with E-state index in [1.165, 1.54) is 9.13 Å². The van der Waals surface area contributed by atoms with Crippen LogP contribution in [0.3, 0.4) is 0 Å². The number of rotatable bonds is 3. The summed E-state index contributed by atoms with van der Waals surface area (Å²) < 4.78 is 4.71.